The summed E-state index contributed by atoms with van der Waals surface area (Å²) in [5.74, 6) is 0. The number of ether oxygens (including phenoxy) is 1. The van der Waals surface area contributed by atoms with Gasteiger partial charge in [-0.05, 0) is 6.42 Å². The summed E-state index contributed by atoms with van der Waals surface area (Å²) in [6.45, 7) is 5.31. The van der Waals surface area contributed by atoms with E-state index in [1.165, 1.54) is 109 Å². The number of morpholine rings is 1. The van der Waals surface area contributed by atoms with Crippen molar-refractivity contribution < 1.29 is 4.74 Å². The first kappa shape index (κ1) is 22.0. The van der Waals surface area contributed by atoms with E-state index in [1.807, 2.05) is 0 Å². The SMILES string of the molecule is CCCCCCCCCCCCCCCCCCC1CNCCO1. The Hall–Kier alpha value is -0.0800. The lowest BCUT2D eigenvalue weighted by atomic mass is 10.0. The molecule has 0 bridgehead atoms. The van der Waals surface area contributed by atoms with Crippen LogP contribution in [0.2, 0.25) is 0 Å². The first-order valence-corrected chi connectivity index (χ1v) is 11.3. The van der Waals surface area contributed by atoms with Crippen molar-refractivity contribution in [2.24, 2.45) is 0 Å². The molecule has 0 aromatic heterocycles. The highest BCUT2D eigenvalue weighted by Gasteiger charge is 2.11. The minimum Gasteiger partial charge on any atom is -0.376 e. The Morgan fingerprint density at radius 2 is 1.12 bits per heavy atom. The van der Waals surface area contributed by atoms with Crippen LogP contribution in [0.4, 0.5) is 0 Å². The van der Waals surface area contributed by atoms with Crippen LogP contribution < -0.4 is 5.32 Å². The smallest absolute Gasteiger partial charge is 0.0700 e. The van der Waals surface area contributed by atoms with Crippen molar-refractivity contribution in [2.75, 3.05) is 19.7 Å². The number of unbranched alkanes of at least 4 members (excludes halogenated alkanes) is 15. The maximum Gasteiger partial charge on any atom is 0.0700 e. The van der Waals surface area contributed by atoms with E-state index in [9.17, 15) is 0 Å². The maximum atomic E-state index is 5.74. The van der Waals surface area contributed by atoms with E-state index in [0.29, 0.717) is 6.10 Å². The Kier molecular flexibility index (Phi) is 16.2. The van der Waals surface area contributed by atoms with Crippen LogP contribution in [0.3, 0.4) is 0 Å². The second kappa shape index (κ2) is 17.7. The molecule has 144 valence electrons. The first-order chi connectivity index (χ1) is 11.9. The lowest BCUT2D eigenvalue weighted by Crippen LogP contribution is -2.38. The summed E-state index contributed by atoms with van der Waals surface area (Å²) < 4.78 is 5.74. The zero-order valence-corrected chi connectivity index (χ0v) is 16.6. The quantitative estimate of drug-likeness (QED) is 0.300. The van der Waals surface area contributed by atoms with Crippen LogP contribution in [0.15, 0.2) is 0 Å². The largest absolute Gasteiger partial charge is 0.376 e. The minimum atomic E-state index is 0.491. The molecule has 1 unspecified atom stereocenters. The molecule has 1 aliphatic rings. The predicted molar refractivity (Wildman–Crippen MR) is 107 cm³/mol. The molecular formula is C22H45NO. The van der Waals surface area contributed by atoms with Crippen molar-refractivity contribution in [2.45, 2.75) is 122 Å². The second-order valence-electron chi connectivity index (χ2n) is 7.79. The normalized spacial score (nSPS) is 18.1. The standard InChI is InChI=1S/C22H45NO/c1-2-3-4-5-6-7-8-9-10-11-12-13-14-15-16-17-18-22-21-23-19-20-24-22/h22-23H,2-21H2,1H3. The van der Waals surface area contributed by atoms with Gasteiger partial charge in [0.1, 0.15) is 0 Å². The van der Waals surface area contributed by atoms with Crippen LogP contribution in [0.5, 0.6) is 0 Å². The van der Waals surface area contributed by atoms with Gasteiger partial charge in [0.05, 0.1) is 12.7 Å². The Morgan fingerprint density at radius 1 is 0.667 bits per heavy atom. The third-order valence-electron chi connectivity index (χ3n) is 5.38. The molecule has 0 spiro atoms. The molecule has 0 radical (unpaired) electrons. The molecule has 0 amide bonds. The highest BCUT2D eigenvalue weighted by Crippen LogP contribution is 2.15. The van der Waals surface area contributed by atoms with E-state index in [0.717, 1.165) is 19.7 Å². The van der Waals surface area contributed by atoms with Gasteiger partial charge in [0.25, 0.3) is 0 Å². The van der Waals surface area contributed by atoms with E-state index in [2.05, 4.69) is 12.2 Å². The van der Waals surface area contributed by atoms with Gasteiger partial charge in [-0.3, -0.25) is 0 Å². The van der Waals surface area contributed by atoms with Crippen LogP contribution in [-0.2, 0) is 4.74 Å². The molecule has 0 saturated carbocycles. The van der Waals surface area contributed by atoms with Crippen molar-refractivity contribution in [3.05, 3.63) is 0 Å². The lowest BCUT2D eigenvalue weighted by molar-refractivity contribution is 0.0220. The van der Waals surface area contributed by atoms with E-state index in [1.54, 1.807) is 0 Å². The first-order valence-electron chi connectivity index (χ1n) is 11.3. The maximum absolute atomic E-state index is 5.74. The molecule has 24 heavy (non-hydrogen) atoms. The van der Waals surface area contributed by atoms with Crippen molar-refractivity contribution in [3.8, 4) is 0 Å². The fraction of sp³-hybridized carbons (Fsp3) is 1.00. The molecule has 1 atom stereocenters. The van der Waals surface area contributed by atoms with Crippen LogP contribution in [0.25, 0.3) is 0 Å². The van der Waals surface area contributed by atoms with Gasteiger partial charge < -0.3 is 10.1 Å². The molecule has 1 N–H and O–H groups in total. The van der Waals surface area contributed by atoms with Gasteiger partial charge in [-0.25, -0.2) is 0 Å². The van der Waals surface area contributed by atoms with Gasteiger partial charge in [0.2, 0.25) is 0 Å². The van der Waals surface area contributed by atoms with Crippen LogP contribution >= 0.6 is 0 Å². The summed E-state index contributed by atoms with van der Waals surface area (Å²) in [5.41, 5.74) is 0. The lowest BCUT2D eigenvalue weighted by Gasteiger charge is -2.23. The van der Waals surface area contributed by atoms with Gasteiger partial charge in [0, 0.05) is 13.1 Å². The summed E-state index contributed by atoms with van der Waals surface area (Å²) in [5, 5.41) is 3.41. The zero-order chi connectivity index (χ0) is 17.1. The van der Waals surface area contributed by atoms with Crippen molar-refractivity contribution in [1.29, 1.82) is 0 Å². The fourth-order valence-electron chi connectivity index (χ4n) is 3.73. The monoisotopic (exact) mass is 339 g/mol. The summed E-state index contributed by atoms with van der Waals surface area (Å²) in [4.78, 5) is 0. The number of rotatable bonds is 17. The average molecular weight is 340 g/mol. The topological polar surface area (TPSA) is 21.3 Å². The van der Waals surface area contributed by atoms with E-state index >= 15 is 0 Å². The third kappa shape index (κ3) is 14.3. The second-order valence-corrected chi connectivity index (χ2v) is 7.79. The minimum absolute atomic E-state index is 0.491. The summed E-state index contributed by atoms with van der Waals surface area (Å²) in [7, 11) is 0. The molecule has 1 rings (SSSR count). The van der Waals surface area contributed by atoms with Gasteiger partial charge >= 0.3 is 0 Å². The molecule has 2 nitrogen and oxygen atoms in total. The van der Waals surface area contributed by atoms with Crippen molar-refractivity contribution in [3.63, 3.8) is 0 Å². The van der Waals surface area contributed by atoms with Crippen LogP contribution in [0.1, 0.15) is 116 Å². The highest BCUT2D eigenvalue weighted by molar-refractivity contribution is 4.66. The predicted octanol–water partition coefficient (Wildman–Crippen LogP) is 6.63. The Bertz CT molecular complexity index is 238. The molecule has 0 aliphatic carbocycles. The van der Waals surface area contributed by atoms with E-state index in [-0.39, 0.29) is 0 Å². The molecule has 2 heteroatoms. The molecule has 1 saturated heterocycles. The number of hydrogen-bond donors (Lipinski definition) is 1. The average Bonchev–Trinajstić information content (AvgIpc) is 2.62. The molecule has 0 aromatic rings. The van der Waals surface area contributed by atoms with Gasteiger partial charge in [-0.1, -0.05) is 110 Å². The van der Waals surface area contributed by atoms with Gasteiger partial charge in [-0.15, -0.1) is 0 Å². The van der Waals surface area contributed by atoms with Gasteiger partial charge in [-0.2, -0.15) is 0 Å². The summed E-state index contributed by atoms with van der Waals surface area (Å²) >= 11 is 0. The zero-order valence-electron chi connectivity index (χ0n) is 16.6. The Morgan fingerprint density at radius 3 is 1.54 bits per heavy atom. The number of hydrogen-bond acceptors (Lipinski definition) is 2. The highest BCUT2D eigenvalue weighted by atomic mass is 16.5. The van der Waals surface area contributed by atoms with Crippen molar-refractivity contribution >= 4 is 0 Å². The molecule has 1 aliphatic heterocycles. The molecular weight excluding hydrogens is 294 g/mol. The van der Waals surface area contributed by atoms with E-state index < -0.39 is 0 Å². The van der Waals surface area contributed by atoms with Crippen molar-refractivity contribution in [1.82, 2.24) is 5.32 Å². The van der Waals surface area contributed by atoms with Crippen LogP contribution in [0, 0.1) is 0 Å². The number of nitrogens with one attached hydrogen (secondary N) is 1. The fourth-order valence-corrected chi connectivity index (χ4v) is 3.73. The molecule has 1 heterocycles. The third-order valence-corrected chi connectivity index (χ3v) is 5.38. The van der Waals surface area contributed by atoms with Crippen LogP contribution in [-0.4, -0.2) is 25.8 Å². The summed E-state index contributed by atoms with van der Waals surface area (Å²) in [6, 6.07) is 0. The Balaban J connectivity index is 1.66. The Labute approximate surface area is 152 Å². The van der Waals surface area contributed by atoms with E-state index in [4.69, 9.17) is 4.74 Å². The molecule has 1 fully saturated rings. The molecule has 0 aromatic carbocycles. The van der Waals surface area contributed by atoms with Gasteiger partial charge in [0.15, 0.2) is 0 Å². The summed E-state index contributed by atoms with van der Waals surface area (Å²) in [6.07, 6.45) is 24.9.